The molecule has 4 nitrogen and oxygen atoms in total. The van der Waals surface area contributed by atoms with Crippen LogP contribution in [-0.2, 0) is 17.1 Å². The Morgan fingerprint density at radius 1 is 1.03 bits per heavy atom. The minimum Gasteiger partial charge on any atom is -0.383 e. The van der Waals surface area contributed by atoms with Crippen molar-refractivity contribution < 1.29 is 35.5 Å². The van der Waals surface area contributed by atoms with Gasteiger partial charge in [0.2, 0.25) is 5.91 Å². The lowest BCUT2D eigenvalue weighted by Gasteiger charge is -2.14. The summed E-state index contributed by atoms with van der Waals surface area (Å²) >= 11 is 0. The van der Waals surface area contributed by atoms with Crippen LogP contribution in [0.2, 0.25) is 0 Å². The Hall–Kier alpha value is -3.63. The fourth-order valence-electron chi connectivity index (χ4n) is 3.44. The zero-order chi connectivity index (χ0) is 28.0. The van der Waals surface area contributed by atoms with Gasteiger partial charge in [0.25, 0.3) is 0 Å². The Morgan fingerprint density at radius 3 is 2.11 bits per heavy atom. The molecular weight excluding hydrogens is 503 g/mol. The van der Waals surface area contributed by atoms with E-state index in [1.165, 1.54) is 18.4 Å². The Bertz CT molecular complexity index is 1180. The molecule has 1 aromatic carbocycles. The van der Waals surface area contributed by atoms with E-state index in [-0.39, 0.29) is 23.6 Å². The van der Waals surface area contributed by atoms with Gasteiger partial charge < -0.3 is 11.5 Å². The van der Waals surface area contributed by atoms with Crippen LogP contribution in [-0.4, -0.2) is 11.7 Å². The molecule has 0 atom stereocenters. The summed E-state index contributed by atoms with van der Waals surface area (Å²) in [4.78, 5) is 15.9. The highest BCUT2D eigenvalue weighted by Crippen LogP contribution is 2.36. The fraction of sp³-hybridized carbons (Fsp3) is 0.308. The lowest BCUT2D eigenvalue weighted by atomic mass is 9.97. The first-order valence-electron chi connectivity index (χ1n) is 11.2. The van der Waals surface area contributed by atoms with Crippen molar-refractivity contribution in [1.82, 2.24) is 0 Å². The third-order valence-electron chi connectivity index (χ3n) is 5.58. The maximum absolute atomic E-state index is 15.0. The molecule has 0 aliphatic heterocycles. The quantitative estimate of drug-likeness (QED) is 0.164. The molecule has 0 aromatic heterocycles. The van der Waals surface area contributed by atoms with Crippen molar-refractivity contribution in [3.05, 3.63) is 93.5 Å². The molecule has 0 spiro atoms. The van der Waals surface area contributed by atoms with Crippen molar-refractivity contribution in [2.45, 2.75) is 51.9 Å². The second-order valence-corrected chi connectivity index (χ2v) is 8.12. The second-order valence-electron chi connectivity index (χ2n) is 8.12. The Kier molecular flexibility index (Phi) is 9.66. The van der Waals surface area contributed by atoms with Gasteiger partial charge in [-0.05, 0) is 55.0 Å². The summed E-state index contributed by atoms with van der Waals surface area (Å²) in [5.41, 5.74) is 8.57. The number of amides is 1. The Labute approximate surface area is 209 Å². The zero-order valence-corrected chi connectivity index (χ0v) is 20.1. The zero-order valence-electron chi connectivity index (χ0n) is 20.1. The molecule has 11 heteroatoms. The number of hydrogen-bond acceptors (Lipinski definition) is 2. The van der Waals surface area contributed by atoms with Crippen LogP contribution in [0.5, 0.6) is 0 Å². The lowest BCUT2D eigenvalue weighted by molar-refractivity contribution is -0.143. The number of primary amides is 1. The predicted molar refractivity (Wildman–Crippen MR) is 128 cm³/mol. The van der Waals surface area contributed by atoms with Gasteiger partial charge in [-0.3, -0.25) is 4.79 Å². The van der Waals surface area contributed by atoms with Crippen LogP contribution in [0.1, 0.15) is 56.2 Å². The molecule has 0 heterocycles. The standard InChI is InChI=1S/C26H26F7N3O/c1-3-15(9-10-21(24(35)37)20-8-6-5-7-16(4-2)22(20)27)14-36-23(34)17-11-18(25(28,29)30)13-19(12-17)26(31,32)33/h5-6,8,10-14H,3-4,7,9H2,1-2H3,(H2,34,36)(H2,35,37)/b15-14+,21-10?. The van der Waals surface area contributed by atoms with Gasteiger partial charge in [0, 0.05) is 22.9 Å². The van der Waals surface area contributed by atoms with Gasteiger partial charge in [0.15, 0.2) is 0 Å². The van der Waals surface area contributed by atoms with Gasteiger partial charge in [-0.2, -0.15) is 26.3 Å². The van der Waals surface area contributed by atoms with Crippen molar-refractivity contribution in [3.8, 4) is 0 Å². The molecule has 0 saturated heterocycles. The van der Waals surface area contributed by atoms with Crippen molar-refractivity contribution in [2.24, 2.45) is 16.5 Å². The largest absolute Gasteiger partial charge is 0.416 e. The molecule has 4 N–H and O–H groups in total. The molecular formula is C26H26F7N3O. The van der Waals surface area contributed by atoms with E-state index in [1.54, 1.807) is 26.0 Å². The maximum atomic E-state index is 15.0. The summed E-state index contributed by atoms with van der Waals surface area (Å²) in [6.45, 7) is 3.49. The number of alkyl halides is 6. The van der Waals surface area contributed by atoms with Crippen LogP contribution in [0.25, 0.3) is 0 Å². The van der Waals surface area contributed by atoms with Gasteiger partial charge in [-0.15, -0.1) is 0 Å². The number of carbonyl (C=O) groups excluding carboxylic acids is 1. The summed E-state index contributed by atoms with van der Waals surface area (Å²) in [5, 5.41) is 0. The number of nitrogens with zero attached hydrogens (tertiary/aromatic N) is 1. The summed E-state index contributed by atoms with van der Waals surface area (Å²) < 4.78 is 93.7. The van der Waals surface area contributed by atoms with E-state index >= 15 is 0 Å². The van der Waals surface area contributed by atoms with Crippen molar-refractivity contribution in [2.75, 3.05) is 0 Å². The topological polar surface area (TPSA) is 81.5 Å². The van der Waals surface area contributed by atoms with Gasteiger partial charge >= 0.3 is 12.4 Å². The molecule has 0 radical (unpaired) electrons. The average molecular weight is 530 g/mol. The Morgan fingerprint density at radius 2 is 1.62 bits per heavy atom. The van der Waals surface area contributed by atoms with Gasteiger partial charge in [-0.25, -0.2) is 9.38 Å². The molecule has 1 aliphatic carbocycles. The monoisotopic (exact) mass is 529 g/mol. The number of allylic oxidation sites excluding steroid dienone is 7. The van der Waals surface area contributed by atoms with Gasteiger partial charge in [0.1, 0.15) is 11.7 Å². The van der Waals surface area contributed by atoms with Crippen LogP contribution in [0.15, 0.2) is 81.8 Å². The van der Waals surface area contributed by atoms with E-state index in [2.05, 4.69) is 4.99 Å². The third kappa shape index (κ3) is 7.93. The lowest BCUT2D eigenvalue weighted by Crippen LogP contribution is -2.18. The molecule has 2 rings (SSSR count). The molecule has 1 amide bonds. The second kappa shape index (κ2) is 12.1. The van der Waals surface area contributed by atoms with E-state index in [0.29, 0.717) is 42.5 Å². The molecule has 1 aromatic rings. The smallest absolute Gasteiger partial charge is 0.383 e. The summed E-state index contributed by atoms with van der Waals surface area (Å²) in [6.07, 6.45) is -1.47. The molecule has 0 unspecified atom stereocenters. The number of hydrogen-bond donors (Lipinski definition) is 2. The first-order valence-corrected chi connectivity index (χ1v) is 11.2. The normalized spacial score (nSPS) is 16.1. The van der Waals surface area contributed by atoms with Gasteiger partial charge in [0.05, 0.1) is 11.1 Å². The number of benzene rings is 1. The molecule has 0 saturated carbocycles. The summed E-state index contributed by atoms with van der Waals surface area (Å²) in [5.74, 6) is -1.99. The Balaban J connectivity index is 2.44. The number of amidine groups is 1. The summed E-state index contributed by atoms with van der Waals surface area (Å²) in [7, 11) is 0. The number of nitrogens with two attached hydrogens (primary N) is 2. The molecule has 0 bridgehead atoms. The minimum absolute atomic E-state index is 0.00481. The fourth-order valence-corrected chi connectivity index (χ4v) is 3.44. The number of carbonyl (C=O) groups is 1. The molecule has 1 aliphatic rings. The third-order valence-corrected chi connectivity index (χ3v) is 5.58. The minimum atomic E-state index is -5.03. The predicted octanol–water partition coefficient (Wildman–Crippen LogP) is 7.05. The highest BCUT2D eigenvalue weighted by Gasteiger charge is 2.37. The average Bonchev–Trinajstić information content (AvgIpc) is 3.00. The van der Waals surface area contributed by atoms with E-state index in [1.807, 2.05) is 0 Å². The molecule has 200 valence electrons. The van der Waals surface area contributed by atoms with Crippen molar-refractivity contribution in [3.63, 3.8) is 0 Å². The molecule has 37 heavy (non-hydrogen) atoms. The van der Waals surface area contributed by atoms with Crippen LogP contribution in [0.3, 0.4) is 0 Å². The number of aliphatic imine (C=N–C) groups is 1. The highest BCUT2D eigenvalue weighted by atomic mass is 19.4. The summed E-state index contributed by atoms with van der Waals surface area (Å²) in [6, 6.07) is 0.950. The maximum Gasteiger partial charge on any atom is 0.416 e. The molecule has 0 fully saturated rings. The van der Waals surface area contributed by atoms with Crippen molar-refractivity contribution >= 4 is 11.7 Å². The van der Waals surface area contributed by atoms with E-state index < -0.39 is 46.6 Å². The highest BCUT2D eigenvalue weighted by molar-refractivity contribution is 5.98. The number of rotatable bonds is 8. The first-order chi connectivity index (χ1) is 17.2. The SMILES string of the molecule is CCC1=C(F)C(C(=CC/C(=C/N=C(N)c2cc(C(F)(F)F)cc(C(F)(F)F)c2)CC)C(N)=O)=CC=CC1. The van der Waals surface area contributed by atoms with E-state index in [4.69, 9.17) is 11.5 Å². The van der Waals surface area contributed by atoms with Crippen LogP contribution < -0.4 is 11.5 Å². The van der Waals surface area contributed by atoms with Crippen molar-refractivity contribution in [1.29, 1.82) is 0 Å². The van der Waals surface area contributed by atoms with E-state index in [0.717, 1.165) is 0 Å². The van der Waals surface area contributed by atoms with Crippen LogP contribution >= 0.6 is 0 Å². The van der Waals surface area contributed by atoms with Gasteiger partial charge in [-0.1, -0.05) is 38.2 Å². The number of halogens is 7. The van der Waals surface area contributed by atoms with Crippen LogP contribution in [0.4, 0.5) is 30.7 Å². The van der Waals surface area contributed by atoms with Crippen LogP contribution in [0, 0.1) is 0 Å². The first kappa shape index (κ1) is 29.6. The van der Waals surface area contributed by atoms with E-state index in [9.17, 15) is 35.5 Å².